The van der Waals surface area contributed by atoms with E-state index in [-0.39, 0.29) is 17.9 Å². The summed E-state index contributed by atoms with van der Waals surface area (Å²) in [5.74, 6) is -0.118. The summed E-state index contributed by atoms with van der Waals surface area (Å²) in [6, 6.07) is 5.43. The van der Waals surface area contributed by atoms with Crippen molar-refractivity contribution in [2.45, 2.75) is 26.7 Å². The average Bonchev–Trinajstić information content (AvgIpc) is 2.96. The number of hydrogen-bond acceptors (Lipinski definition) is 3. The molecule has 108 valence electrons. The second-order valence-electron chi connectivity index (χ2n) is 5.22. The van der Waals surface area contributed by atoms with Gasteiger partial charge >= 0.3 is 0 Å². The zero-order chi connectivity index (χ0) is 14.6. The van der Waals surface area contributed by atoms with Crippen LogP contribution in [0, 0.1) is 5.41 Å². The van der Waals surface area contributed by atoms with E-state index < -0.39 is 0 Å². The summed E-state index contributed by atoms with van der Waals surface area (Å²) < 4.78 is 0. The number of benzene rings is 1. The van der Waals surface area contributed by atoms with E-state index in [9.17, 15) is 9.90 Å². The van der Waals surface area contributed by atoms with Crippen molar-refractivity contribution < 1.29 is 9.90 Å². The quantitative estimate of drug-likeness (QED) is 0.755. The van der Waals surface area contributed by atoms with Crippen LogP contribution in [0.1, 0.15) is 37.0 Å². The summed E-state index contributed by atoms with van der Waals surface area (Å²) in [6.07, 6.45) is 3.37. The fraction of sp³-hybridized carbons (Fsp3) is 0.467. The summed E-state index contributed by atoms with van der Waals surface area (Å²) in [7, 11) is 0. The molecule has 2 rings (SSSR count). The molecule has 3 N–H and O–H groups in total. The number of hydrogen-bond donors (Lipinski definition) is 3. The first-order valence-corrected chi connectivity index (χ1v) is 6.96. The van der Waals surface area contributed by atoms with Crippen molar-refractivity contribution >= 4 is 16.8 Å². The number of fused-ring (bicyclic) bond motifs is 1. The molecule has 2 aromatic rings. The van der Waals surface area contributed by atoms with Gasteiger partial charge in [-0.2, -0.15) is 5.10 Å². The highest BCUT2D eigenvalue weighted by atomic mass is 16.3. The van der Waals surface area contributed by atoms with Crippen LogP contribution in [-0.4, -0.2) is 34.4 Å². The summed E-state index contributed by atoms with van der Waals surface area (Å²) in [4.78, 5) is 12.2. The van der Waals surface area contributed by atoms with Crippen LogP contribution in [0.5, 0.6) is 0 Å². The molecule has 0 aliphatic carbocycles. The molecule has 0 aliphatic rings. The van der Waals surface area contributed by atoms with Crippen molar-refractivity contribution in [1.29, 1.82) is 0 Å². The number of aliphatic hydroxyl groups excluding tert-OH is 1. The third-order valence-corrected chi connectivity index (χ3v) is 4.16. The smallest absolute Gasteiger partial charge is 0.251 e. The van der Waals surface area contributed by atoms with Crippen LogP contribution in [0.4, 0.5) is 0 Å². The highest BCUT2D eigenvalue weighted by Gasteiger charge is 2.25. The lowest BCUT2D eigenvalue weighted by Gasteiger charge is -2.29. The molecule has 1 amide bonds. The number of rotatable bonds is 6. The summed E-state index contributed by atoms with van der Waals surface area (Å²) >= 11 is 0. The number of nitrogens with one attached hydrogen (secondary N) is 2. The predicted molar refractivity (Wildman–Crippen MR) is 78.5 cm³/mol. The Morgan fingerprint density at radius 3 is 2.80 bits per heavy atom. The first-order valence-electron chi connectivity index (χ1n) is 6.96. The second kappa shape index (κ2) is 6.05. The van der Waals surface area contributed by atoms with Gasteiger partial charge in [-0.05, 0) is 31.0 Å². The Bertz CT molecular complexity index is 579. The molecule has 0 atom stereocenters. The summed E-state index contributed by atoms with van der Waals surface area (Å²) in [6.45, 7) is 4.63. The molecule has 5 heteroatoms. The number of H-pyrrole nitrogens is 1. The minimum atomic E-state index is -0.227. The molecule has 1 aromatic heterocycles. The summed E-state index contributed by atoms with van der Waals surface area (Å²) in [5.41, 5.74) is 1.29. The fourth-order valence-electron chi connectivity index (χ4n) is 2.23. The number of aromatic nitrogens is 2. The van der Waals surface area contributed by atoms with Crippen LogP contribution in [0.2, 0.25) is 0 Å². The number of carbonyl (C=O) groups is 1. The van der Waals surface area contributed by atoms with Gasteiger partial charge in [-0.3, -0.25) is 9.89 Å². The number of aromatic amines is 1. The number of amides is 1. The molecule has 0 saturated heterocycles. The van der Waals surface area contributed by atoms with E-state index in [1.165, 1.54) is 0 Å². The standard InChI is InChI=1S/C15H21N3O2/c1-3-15(4-2,10-19)9-16-14(20)11-5-6-13-12(7-11)8-17-18-13/h5-8,19H,3-4,9-10H2,1-2H3,(H,16,20)(H,17,18). The van der Waals surface area contributed by atoms with Gasteiger partial charge in [-0.15, -0.1) is 0 Å². The molecule has 0 bridgehead atoms. The Kier molecular flexibility index (Phi) is 4.39. The lowest BCUT2D eigenvalue weighted by molar-refractivity contribution is 0.0851. The molecule has 20 heavy (non-hydrogen) atoms. The normalized spacial score (nSPS) is 11.8. The maximum absolute atomic E-state index is 12.2. The molecular formula is C15H21N3O2. The average molecular weight is 275 g/mol. The Hall–Kier alpha value is -1.88. The van der Waals surface area contributed by atoms with Crippen molar-refractivity contribution in [3.05, 3.63) is 30.0 Å². The third kappa shape index (κ3) is 2.82. The van der Waals surface area contributed by atoms with E-state index in [0.29, 0.717) is 12.1 Å². The zero-order valence-corrected chi connectivity index (χ0v) is 11.9. The largest absolute Gasteiger partial charge is 0.396 e. The topological polar surface area (TPSA) is 78.0 Å². The van der Waals surface area contributed by atoms with Crippen LogP contribution >= 0.6 is 0 Å². The Balaban J connectivity index is 2.07. The SMILES string of the molecule is CCC(CC)(CO)CNC(=O)c1ccc2[nH]ncc2c1. The number of nitrogens with zero attached hydrogens (tertiary/aromatic N) is 1. The highest BCUT2D eigenvalue weighted by molar-refractivity contribution is 5.97. The van der Waals surface area contributed by atoms with Gasteiger partial charge in [-0.25, -0.2) is 0 Å². The molecule has 5 nitrogen and oxygen atoms in total. The van der Waals surface area contributed by atoms with E-state index in [2.05, 4.69) is 15.5 Å². The van der Waals surface area contributed by atoms with Crippen LogP contribution in [0.25, 0.3) is 10.9 Å². The van der Waals surface area contributed by atoms with Crippen LogP contribution in [-0.2, 0) is 0 Å². The monoisotopic (exact) mass is 275 g/mol. The van der Waals surface area contributed by atoms with Gasteiger partial charge < -0.3 is 10.4 Å². The minimum Gasteiger partial charge on any atom is -0.396 e. The first kappa shape index (κ1) is 14.5. The maximum Gasteiger partial charge on any atom is 0.251 e. The lowest BCUT2D eigenvalue weighted by atomic mass is 9.83. The van der Waals surface area contributed by atoms with Crippen LogP contribution < -0.4 is 5.32 Å². The van der Waals surface area contributed by atoms with Crippen LogP contribution in [0.3, 0.4) is 0 Å². The molecule has 0 radical (unpaired) electrons. The van der Waals surface area contributed by atoms with E-state index in [1.807, 2.05) is 26.0 Å². The van der Waals surface area contributed by atoms with E-state index in [4.69, 9.17) is 0 Å². The van der Waals surface area contributed by atoms with Crippen LogP contribution in [0.15, 0.2) is 24.4 Å². The molecule has 0 spiro atoms. The number of aliphatic hydroxyl groups is 1. The van der Waals surface area contributed by atoms with Gasteiger partial charge in [0.1, 0.15) is 0 Å². The molecular weight excluding hydrogens is 254 g/mol. The predicted octanol–water partition coefficient (Wildman–Crippen LogP) is 2.09. The van der Waals surface area contributed by atoms with Gasteiger partial charge in [0.05, 0.1) is 18.3 Å². The van der Waals surface area contributed by atoms with Gasteiger partial charge in [0.15, 0.2) is 0 Å². The van der Waals surface area contributed by atoms with Crippen molar-refractivity contribution in [2.24, 2.45) is 5.41 Å². The van der Waals surface area contributed by atoms with Crippen molar-refractivity contribution in [1.82, 2.24) is 15.5 Å². The molecule has 0 fully saturated rings. The molecule has 0 unspecified atom stereocenters. The maximum atomic E-state index is 12.2. The zero-order valence-electron chi connectivity index (χ0n) is 11.9. The van der Waals surface area contributed by atoms with Gasteiger partial charge in [0, 0.05) is 22.9 Å². The van der Waals surface area contributed by atoms with E-state index in [0.717, 1.165) is 23.7 Å². The van der Waals surface area contributed by atoms with Gasteiger partial charge in [0.2, 0.25) is 0 Å². The first-order chi connectivity index (χ1) is 9.64. The van der Waals surface area contributed by atoms with E-state index >= 15 is 0 Å². The summed E-state index contributed by atoms with van der Waals surface area (Å²) in [5, 5.41) is 20.1. The van der Waals surface area contributed by atoms with E-state index in [1.54, 1.807) is 12.3 Å². The molecule has 0 aliphatic heterocycles. The lowest BCUT2D eigenvalue weighted by Crippen LogP contribution is -2.39. The second-order valence-corrected chi connectivity index (χ2v) is 5.22. The highest BCUT2D eigenvalue weighted by Crippen LogP contribution is 2.24. The number of carbonyl (C=O) groups excluding carboxylic acids is 1. The van der Waals surface area contributed by atoms with Crippen molar-refractivity contribution in [2.75, 3.05) is 13.2 Å². The van der Waals surface area contributed by atoms with Crippen molar-refractivity contribution in [3.63, 3.8) is 0 Å². The Morgan fingerprint density at radius 1 is 1.40 bits per heavy atom. The fourth-order valence-corrected chi connectivity index (χ4v) is 2.23. The minimum absolute atomic E-state index is 0.0844. The van der Waals surface area contributed by atoms with Gasteiger partial charge in [0.25, 0.3) is 5.91 Å². The Morgan fingerprint density at radius 2 is 2.15 bits per heavy atom. The molecule has 1 aromatic carbocycles. The van der Waals surface area contributed by atoms with Crippen molar-refractivity contribution in [3.8, 4) is 0 Å². The third-order valence-electron chi connectivity index (χ3n) is 4.16. The molecule has 1 heterocycles. The molecule has 0 saturated carbocycles. The van der Waals surface area contributed by atoms with Gasteiger partial charge in [-0.1, -0.05) is 13.8 Å². The Labute approximate surface area is 118 Å².